The van der Waals surface area contributed by atoms with E-state index in [-0.39, 0.29) is 22.4 Å². The van der Waals surface area contributed by atoms with Gasteiger partial charge in [-0.3, -0.25) is 0 Å². The third kappa shape index (κ3) is 3.66. The summed E-state index contributed by atoms with van der Waals surface area (Å²) in [6.45, 7) is 0. The number of carbonyl (C=O) groups is 3. The molecule has 1 heterocycles. The van der Waals surface area contributed by atoms with Crippen LogP contribution in [0.1, 0.15) is 42.9 Å². The van der Waals surface area contributed by atoms with Crippen molar-refractivity contribution in [3.05, 3.63) is 52.6 Å². The molecule has 0 fully saturated rings. The monoisotopic (exact) mass is 401 g/mol. The van der Waals surface area contributed by atoms with E-state index in [0.717, 1.165) is 0 Å². The molecule has 0 unspecified atom stereocenters. The lowest BCUT2D eigenvalue weighted by molar-refractivity contribution is 0.0433. The van der Waals surface area contributed by atoms with E-state index < -0.39 is 24.1 Å². The average molecular weight is 401 g/mol. The first-order valence-corrected chi connectivity index (χ1v) is 8.47. The standard InChI is InChI=1S/C20H19NO8/c1-25-14-6-5-13-15(16(14)26-2)20(24)29-17(13)21-12-8-10(18(22)27-3)7-11(9-12)19(23)28-4/h5-9,17,21H,1-4H3/t17-/m0/s1. The van der Waals surface area contributed by atoms with Gasteiger partial charge in [0, 0.05) is 11.3 Å². The number of hydrogen-bond acceptors (Lipinski definition) is 9. The van der Waals surface area contributed by atoms with Crippen LogP contribution in [0.5, 0.6) is 11.5 Å². The number of fused-ring (bicyclic) bond motifs is 1. The number of rotatable bonds is 6. The highest BCUT2D eigenvalue weighted by molar-refractivity contribution is 5.99. The summed E-state index contributed by atoms with van der Waals surface area (Å²) in [5.74, 6) is -1.20. The van der Waals surface area contributed by atoms with Gasteiger partial charge in [0.25, 0.3) is 0 Å². The van der Waals surface area contributed by atoms with E-state index in [2.05, 4.69) is 5.32 Å². The van der Waals surface area contributed by atoms with Crippen LogP contribution in [0.3, 0.4) is 0 Å². The Morgan fingerprint density at radius 3 is 2.07 bits per heavy atom. The Morgan fingerprint density at radius 1 is 0.931 bits per heavy atom. The normalized spacial score (nSPS) is 14.5. The predicted molar refractivity (Wildman–Crippen MR) is 100 cm³/mol. The summed E-state index contributed by atoms with van der Waals surface area (Å²) >= 11 is 0. The molecule has 3 rings (SSSR count). The SMILES string of the molecule is COC(=O)c1cc(N[C@H]2OC(=O)c3c2ccc(OC)c3OC)cc(C(=O)OC)c1. The van der Waals surface area contributed by atoms with Gasteiger partial charge in [-0.2, -0.15) is 0 Å². The van der Waals surface area contributed by atoms with Crippen molar-refractivity contribution >= 4 is 23.6 Å². The van der Waals surface area contributed by atoms with Crippen LogP contribution in [0.2, 0.25) is 0 Å². The van der Waals surface area contributed by atoms with Crippen molar-refractivity contribution in [1.29, 1.82) is 0 Å². The topological polar surface area (TPSA) is 109 Å². The molecule has 9 heteroatoms. The van der Waals surface area contributed by atoms with Gasteiger partial charge in [0.05, 0.1) is 39.6 Å². The zero-order valence-corrected chi connectivity index (χ0v) is 16.2. The van der Waals surface area contributed by atoms with E-state index >= 15 is 0 Å². The van der Waals surface area contributed by atoms with Crippen LogP contribution in [-0.2, 0) is 14.2 Å². The Hall–Kier alpha value is -3.75. The van der Waals surface area contributed by atoms with Crippen LogP contribution in [0, 0.1) is 0 Å². The highest BCUT2D eigenvalue weighted by atomic mass is 16.6. The highest BCUT2D eigenvalue weighted by Gasteiger charge is 2.36. The maximum absolute atomic E-state index is 12.4. The maximum Gasteiger partial charge on any atom is 0.344 e. The summed E-state index contributed by atoms with van der Waals surface area (Å²) in [4.78, 5) is 36.3. The molecule has 2 aromatic rings. The number of ether oxygens (including phenoxy) is 5. The molecular formula is C20H19NO8. The van der Waals surface area contributed by atoms with Crippen molar-refractivity contribution in [2.24, 2.45) is 0 Å². The minimum atomic E-state index is -0.865. The number of methoxy groups -OCH3 is 4. The second-order valence-corrected chi connectivity index (χ2v) is 5.98. The molecule has 0 saturated carbocycles. The molecule has 1 aliphatic rings. The van der Waals surface area contributed by atoms with E-state index in [1.54, 1.807) is 12.1 Å². The fourth-order valence-electron chi connectivity index (χ4n) is 3.04. The smallest absolute Gasteiger partial charge is 0.344 e. The number of esters is 3. The molecule has 0 aromatic heterocycles. The Bertz CT molecular complexity index is 950. The van der Waals surface area contributed by atoms with Gasteiger partial charge < -0.3 is 29.0 Å². The predicted octanol–water partition coefficient (Wildman–Crippen LogP) is 2.56. The van der Waals surface area contributed by atoms with Gasteiger partial charge in [-0.15, -0.1) is 0 Å². The van der Waals surface area contributed by atoms with Gasteiger partial charge in [-0.05, 0) is 30.3 Å². The van der Waals surface area contributed by atoms with Crippen LogP contribution < -0.4 is 14.8 Å². The lowest BCUT2D eigenvalue weighted by Crippen LogP contribution is -2.13. The molecule has 0 radical (unpaired) electrons. The van der Waals surface area contributed by atoms with E-state index in [9.17, 15) is 14.4 Å². The molecule has 2 aromatic carbocycles. The fourth-order valence-corrected chi connectivity index (χ4v) is 3.04. The summed E-state index contributed by atoms with van der Waals surface area (Å²) in [7, 11) is 5.35. The third-order valence-electron chi connectivity index (χ3n) is 4.36. The molecule has 1 atom stereocenters. The first-order chi connectivity index (χ1) is 13.9. The summed E-state index contributed by atoms with van der Waals surface area (Å²) < 4.78 is 25.4. The molecule has 9 nitrogen and oxygen atoms in total. The first kappa shape index (κ1) is 20.0. The summed E-state index contributed by atoms with van der Waals surface area (Å²) in [5, 5.41) is 3.00. The van der Waals surface area contributed by atoms with Crippen molar-refractivity contribution in [3.8, 4) is 11.5 Å². The summed E-state index contributed by atoms with van der Waals surface area (Å²) in [6.07, 6.45) is -0.865. The highest BCUT2D eigenvalue weighted by Crippen LogP contribution is 2.42. The second-order valence-electron chi connectivity index (χ2n) is 5.98. The van der Waals surface area contributed by atoms with Crippen LogP contribution in [0.4, 0.5) is 5.69 Å². The Balaban J connectivity index is 2.01. The molecule has 0 bridgehead atoms. The minimum absolute atomic E-state index is 0.134. The first-order valence-electron chi connectivity index (χ1n) is 8.47. The molecule has 0 aliphatic carbocycles. The molecule has 1 N–H and O–H groups in total. The van der Waals surface area contributed by atoms with Gasteiger partial charge in [-0.25, -0.2) is 14.4 Å². The zero-order valence-electron chi connectivity index (χ0n) is 16.2. The van der Waals surface area contributed by atoms with E-state index in [0.29, 0.717) is 17.0 Å². The minimum Gasteiger partial charge on any atom is -0.493 e. The number of benzene rings is 2. The molecule has 0 amide bonds. The molecular weight excluding hydrogens is 382 g/mol. The Kier molecular flexibility index (Phi) is 5.58. The van der Waals surface area contributed by atoms with E-state index in [4.69, 9.17) is 23.7 Å². The lowest BCUT2D eigenvalue weighted by atomic mass is 10.1. The van der Waals surface area contributed by atoms with Crippen LogP contribution >= 0.6 is 0 Å². The van der Waals surface area contributed by atoms with Gasteiger partial charge in [-0.1, -0.05) is 0 Å². The van der Waals surface area contributed by atoms with Crippen LogP contribution in [0.15, 0.2) is 30.3 Å². The summed E-state index contributed by atoms with van der Waals surface area (Å²) in [6, 6.07) is 7.63. The lowest BCUT2D eigenvalue weighted by Gasteiger charge is -2.16. The summed E-state index contributed by atoms with van der Waals surface area (Å²) in [5.41, 5.74) is 1.38. The molecule has 152 valence electrons. The van der Waals surface area contributed by atoms with Gasteiger partial charge >= 0.3 is 17.9 Å². The second kappa shape index (κ2) is 8.09. The van der Waals surface area contributed by atoms with Crippen LogP contribution in [0.25, 0.3) is 0 Å². The fraction of sp³-hybridized carbons (Fsp3) is 0.250. The zero-order chi connectivity index (χ0) is 21.1. The van der Waals surface area contributed by atoms with Gasteiger partial charge in [0.1, 0.15) is 5.56 Å². The molecule has 0 spiro atoms. The third-order valence-corrected chi connectivity index (χ3v) is 4.36. The van der Waals surface area contributed by atoms with E-state index in [1.807, 2.05) is 0 Å². The number of carbonyl (C=O) groups excluding carboxylic acids is 3. The molecule has 1 aliphatic heterocycles. The average Bonchev–Trinajstić information content (AvgIpc) is 3.06. The number of nitrogens with one attached hydrogen (secondary N) is 1. The van der Waals surface area contributed by atoms with Crippen molar-refractivity contribution in [1.82, 2.24) is 0 Å². The molecule has 0 saturated heterocycles. The number of cyclic esters (lactones) is 1. The van der Waals surface area contributed by atoms with Crippen molar-refractivity contribution in [2.45, 2.75) is 6.23 Å². The van der Waals surface area contributed by atoms with Crippen LogP contribution in [-0.4, -0.2) is 46.3 Å². The van der Waals surface area contributed by atoms with Crippen molar-refractivity contribution in [2.75, 3.05) is 33.8 Å². The largest absolute Gasteiger partial charge is 0.493 e. The van der Waals surface area contributed by atoms with Crippen molar-refractivity contribution in [3.63, 3.8) is 0 Å². The van der Waals surface area contributed by atoms with Gasteiger partial charge in [0.2, 0.25) is 6.23 Å². The quantitative estimate of drug-likeness (QED) is 0.577. The molecule has 29 heavy (non-hydrogen) atoms. The van der Waals surface area contributed by atoms with Crippen molar-refractivity contribution < 1.29 is 38.1 Å². The Morgan fingerprint density at radius 2 is 1.55 bits per heavy atom. The number of anilines is 1. The number of hydrogen-bond donors (Lipinski definition) is 1. The Labute approximate surface area is 166 Å². The van der Waals surface area contributed by atoms with Gasteiger partial charge in [0.15, 0.2) is 11.5 Å². The van der Waals surface area contributed by atoms with E-state index in [1.165, 1.54) is 46.6 Å². The maximum atomic E-state index is 12.4.